The lowest BCUT2D eigenvalue weighted by Gasteiger charge is -2.36. The standard InChI is InChI=1S/C16H19FN4OS2/c1-12-15(19-24-18-12)10-23-11-16(22)21-8-6-20(7-9-21)14-4-2-13(17)3-5-14/h2-5H,6-11H2,1H3. The summed E-state index contributed by atoms with van der Waals surface area (Å²) >= 11 is 2.80. The van der Waals surface area contributed by atoms with Crippen molar-refractivity contribution < 1.29 is 9.18 Å². The molecule has 128 valence electrons. The predicted molar refractivity (Wildman–Crippen MR) is 96.0 cm³/mol. The van der Waals surface area contributed by atoms with Crippen LogP contribution in [0.25, 0.3) is 0 Å². The van der Waals surface area contributed by atoms with Crippen LogP contribution in [-0.2, 0) is 10.5 Å². The van der Waals surface area contributed by atoms with Gasteiger partial charge in [0, 0.05) is 37.6 Å². The summed E-state index contributed by atoms with van der Waals surface area (Å²) in [6.45, 7) is 4.90. The normalized spacial score (nSPS) is 14.9. The van der Waals surface area contributed by atoms with Crippen LogP contribution in [-0.4, -0.2) is 51.5 Å². The first-order valence-corrected chi connectivity index (χ1v) is 9.66. The molecule has 3 rings (SSSR count). The number of amides is 1. The summed E-state index contributed by atoms with van der Waals surface area (Å²) in [4.78, 5) is 16.4. The molecular weight excluding hydrogens is 347 g/mol. The molecule has 1 aromatic carbocycles. The number of piperazine rings is 1. The molecule has 8 heteroatoms. The van der Waals surface area contributed by atoms with E-state index >= 15 is 0 Å². The van der Waals surface area contributed by atoms with Crippen LogP contribution < -0.4 is 4.90 Å². The van der Waals surface area contributed by atoms with Crippen LogP contribution in [0.1, 0.15) is 11.4 Å². The third-order valence-electron chi connectivity index (χ3n) is 4.03. The maximum absolute atomic E-state index is 13.0. The predicted octanol–water partition coefficient (Wildman–Crippen LogP) is 2.57. The molecule has 1 aliphatic rings. The maximum atomic E-state index is 13.0. The number of carbonyl (C=O) groups is 1. The molecule has 0 N–H and O–H groups in total. The summed E-state index contributed by atoms with van der Waals surface area (Å²) in [6.07, 6.45) is 0. The Kier molecular flexibility index (Phi) is 5.68. The third kappa shape index (κ3) is 4.24. The number of hydrogen-bond donors (Lipinski definition) is 0. The van der Waals surface area contributed by atoms with Crippen molar-refractivity contribution in [1.82, 2.24) is 13.6 Å². The van der Waals surface area contributed by atoms with Gasteiger partial charge in [-0.25, -0.2) is 4.39 Å². The molecule has 0 radical (unpaired) electrons. The molecular formula is C16H19FN4OS2. The highest BCUT2D eigenvalue weighted by atomic mass is 32.2. The molecule has 1 aromatic heterocycles. The van der Waals surface area contributed by atoms with E-state index in [1.165, 1.54) is 23.9 Å². The van der Waals surface area contributed by atoms with Crippen molar-refractivity contribution in [2.24, 2.45) is 0 Å². The van der Waals surface area contributed by atoms with Crippen LogP contribution in [0.4, 0.5) is 10.1 Å². The van der Waals surface area contributed by atoms with E-state index in [0.717, 1.165) is 35.9 Å². The van der Waals surface area contributed by atoms with Gasteiger partial charge in [0.05, 0.1) is 28.9 Å². The lowest BCUT2D eigenvalue weighted by Crippen LogP contribution is -2.49. The van der Waals surface area contributed by atoms with Gasteiger partial charge in [0.15, 0.2) is 0 Å². The lowest BCUT2D eigenvalue weighted by atomic mass is 10.2. The number of carbonyl (C=O) groups excluding carboxylic acids is 1. The molecule has 1 fully saturated rings. The van der Waals surface area contributed by atoms with Gasteiger partial charge in [-0.3, -0.25) is 4.79 Å². The number of halogens is 1. The van der Waals surface area contributed by atoms with E-state index in [-0.39, 0.29) is 11.7 Å². The largest absolute Gasteiger partial charge is 0.368 e. The quantitative estimate of drug-likeness (QED) is 0.814. The number of benzene rings is 1. The first kappa shape index (κ1) is 17.2. The van der Waals surface area contributed by atoms with E-state index in [9.17, 15) is 9.18 Å². The van der Waals surface area contributed by atoms with Gasteiger partial charge in [0.25, 0.3) is 0 Å². The number of thioether (sulfide) groups is 1. The summed E-state index contributed by atoms with van der Waals surface area (Å²) in [7, 11) is 0. The molecule has 0 bridgehead atoms. The maximum Gasteiger partial charge on any atom is 0.232 e. The fourth-order valence-corrected chi connectivity index (χ4v) is 4.14. The van der Waals surface area contributed by atoms with E-state index in [0.29, 0.717) is 18.8 Å². The Morgan fingerprint density at radius 1 is 1.21 bits per heavy atom. The Bertz CT molecular complexity index is 684. The van der Waals surface area contributed by atoms with Crippen molar-refractivity contribution in [3.8, 4) is 0 Å². The fraction of sp³-hybridized carbons (Fsp3) is 0.438. The van der Waals surface area contributed by atoms with Crippen molar-refractivity contribution in [1.29, 1.82) is 0 Å². The molecule has 0 unspecified atom stereocenters. The number of nitrogens with zero attached hydrogens (tertiary/aromatic N) is 4. The van der Waals surface area contributed by atoms with Gasteiger partial charge in [0.2, 0.25) is 5.91 Å². The molecule has 0 saturated carbocycles. The monoisotopic (exact) mass is 366 g/mol. The van der Waals surface area contributed by atoms with Crippen molar-refractivity contribution in [3.05, 3.63) is 41.5 Å². The molecule has 24 heavy (non-hydrogen) atoms. The highest BCUT2D eigenvalue weighted by Gasteiger charge is 2.21. The van der Waals surface area contributed by atoms with E-state index in [4.69, 9.17) is 0 Å². The van der Waals surface area contributed by atoms with E-state index in [1.807, 2.05) is 11.8 Å². The zero-order valence-corrected chi connectivity index (χ0v) is 15.1. The van der Waals surface area contributed by atoms with Gasteiger partial charge in [0.1, 0.15) is 5.82 Å². The average molecular weight is 366 g/mol. The Morgan fingerprint density at radius 3 is 2.54 bits per heavy atom. The fourth-order valence-electron chi connectivity index (χ4n) is 2.57. The Labute approximate surface area is 149 Å². The summed E-state index contributed by atoms with van der Waals surface area (Å²) in [5.74, 6) is 1.13. The first-order valence-electron chi connectivity index (χ1n) is 7.77. The lowest BCUT2D eigenvalue weighted by molar-refractivity contribution is -0.128. The average Bonchev–Trinajstić information content (AvgIpc) is 3.01. The minimum Gasteiger partial charge on any atom is -0.368 e. The van der Waals surface area contributed by atoms with Gasteiger partial charge >= 0.3 is 0 Å². The SMILES string of the molecule is Cc1nsnc1CSCC(=O)N1CCN(c2ccc(F)cc2)CC1. The second-order valence-electron chi connectivity index (χ2n) is 5.63. The van der Waals surface area contributed by atoms with Crippen molar-refractivity contribution in [3.63, 3.8) is 0 Å². The van der Waals surface area contributed by atoms with E-state index < -0.39 is 0 Å². The van der Waals surface area contributed by atoms with Crippen LogP contribution in [0.15, 0.2) is 24.3 Å². The summed E-state index contributed by atoms with van der Waals surface area (Å²) in [6, 6.07) is 6.51. The minimum absolute atomic E-state index is 0.166. The number of aromatic nitrogens is 2. The molecule has 1 aliphatic heterocycles. The smallest absolute Gasteiger partial charge is 0.232 e. The zero-order valence-electron chi connectivity index (χ0n) is 13.4. The highest BCUT2D eigenvalue weighted by Crippen LogP contribution is 2.18. The van der Waals surface area contributed by atoms with E-state index in [2.05, 4.69) is 13.6 Å². The molecule has 0 atom stereocenters. The van der Waals surface area contributed by atoms with Crippen LogP contribution in [0.3, 0.4) is 0 Å². The topological polar surface area (TPSA) is 49.3 Å². The number of hydrogen-bond acceptors (Lipinski definition) is 6. The molecule has 5 nitrogen and oxygen atoms in total. The van der Waals surface area contributed by atoms with Gasteiger partial charge < -0.3 is 9.80 Å². The third-order valence-corrected chi connectivity index (χ3v) is 5.62. The Hall–Kier alpha value is -1.67. The van der Waals surface area contributed by atoms with Gasteiger partial charge in [-0.2, -0.15) is 8.75 Å². The number of aryl methyl sites for hydroxylation is 1. The highest BCUT2D eigenvalue weighted by molar-refractivity contribution is 7.99. The van der Waals surface area contributed by atoms with Gasteiger partial charge in [-0.15, -0.1) is 11.8 Å². The first-order chi connectivity index (χ1) is 11.6. The van der Waals surface area contributed by atoms with E-state index in [1.54, 1.807) is 23.9 Å². The second-order valence-corrected chi connectivity index (χ2v) is 7.15. The molecule has 0 aliphatic carbocycles. The molecule has 0 spiro atoms. The van der Waals surface area contributed by atoms with Gasteiger partial charge in [-0.1, -0.05) is 0 Å². The molecule has 1 amide bonds. The van der Waals surface area contributed by atoms with Crippen LogP contribution in [0, 0.1) is 12.7 Å². The molecule has 2 heterocycles. The summed E-state index contributed by atoms with van der Waals surface area (Å²) in [5.41, 5.74) is 2.93. The van der Waals surface area contributed by atoms with Crippen molar-refractivity contribution in [2.45, 2.75) is 12.7 Å². The van der Waals surface area contributed by atoms with Crippen molar-refractivity contribution >= 4 is 35.1 Å². The summed E-state index contributed by atoms with van der Waals surface area (Å²) < 4.78 is 21.4. The van der Waals surface area contributed by atoms with Crippen LogP contribution >= 0.6 is 23.5 Å². The molecule has 2 aromatic rings. The second kappa shape index (κ2) is 7.94. The Morgan fingerprint density at radius 2 is 1.92 bits per heavy atom. The molecule has 1 saturated heterocycles. The van der Waals surface area contributed by atoms with Crippen molar-refractivity contribution in [2.75, 3.05) is 36.8 Å². The minimum atomic E-state index is -0.227. The van der Waals surface area contributed by atoms with Gasteiger partial charge in [-0.05, 0) is 31.2 Å². The van der Waals surface area contributed by atoms with Crippen LogP contribution in [0.5, 0.6) is 0 Å². The summed E-state index contributed by atoms with van der Waals surface area (Å²) in [5, 5.41) is 0. The number of anilines is 1. The zero-order chi connectivity index (χ0) is 16.9. The Balaban J connectivity index is 1.43. The van der Waals surface area contributed by atoms with Crippen LogP contribution in [0.2, 0.25) is 0 Å². The number of rotatable bonds is 5.